The Kier molecular flexibility index (Phi) is 10.5. The van der Waals surface area contributed by atoms with E-state index in [1.54, 1.807) is 0 Å². The van der Waals surface area contributed by atoms with E-state index in [4.69, 9.17) is 4.74 Å². The van der Waals surface area contributed by atoms with Crippen LogP contribution in [0.15, 0.2) is 53.5 Å². The first kappa shape index (κ1) is 23.6. The molecule has 1 saturated heterocycles. The molecule has 0 radical (unpaired) electrons. The topological polar surface area (TPSA) is 48.9 Å². The largest absolute Gasteiger partial charge is 0.379 e. The zero-order chi connectivity index (χ0) is 19.6. The zero-order valence-electron chi connectivity index (χ0n) is 17.5. The molecule has 2 aromatic rings. The molecule has 0 unspecified atom stereocenters. The van der Waals surface area contributed by atoms with Gasteiger partial charge in [-0.2, -0.15) is 0 Å². The first-order chi connectivity index (χ1) is 13.8. The maximum absolute atomic E-state index is 5.42. The summed E-state index contributed by atoms with van der Waals surface area (Å²) in [7, 11) is 1.81. The monoisotopic (exact) mass is 508 g/mol. The summed E-state index contributed by atoms with van der Waals surface area (Å²) in [4.78, 5) is 6.79. The molecule has 0 aliphatic carbocycles. The Labute approximate surface area is 192 Å². The summed E-state index contributed by atoms with van der Waals surface area (Å²) in [6, 6.07) is 17.4. The number of halogens is 1. The summed E-state index contributed by atoms with van der Waals surface area (Å²) in [5.74, 6) is 0.822. The summed E-state index contributed by atoms with van der Waals surface area (Å²) in [6.07, 6.45) is 1.04. The summed E-state index contributed by atoms with van der Waals surface area (Å²) < 4.78 is 5.42. The molecule has 1 aliphatic rings. The average Bonchev–Trinajstić information content (AvgIpc) is 2.76. The van der Waals surface area contributed by atoms with Crippen molar-refractivity contribution in [2.45, 2.75) is 33.0 Å². The first-order valence-corrected chi connectivity index (χ1v) is 10.2. The van der Waals surface area contributed by atoms with Crippen molar-refractivity contribution < 1.29 is 4.74 Å². The molecular weight excluding hydrogens is 475 g/mol. The van der Waals surface area contributed by atoms with Crippen LogP contribution in [0.1, 0.15) is 29.2 Å². The molecule has 0 amide bonds. The van der Waals surface area contributed by atoms with Crippen LogP contribution in [0.5, 0.6) is 0 Å². The molecule has 1 aliphatic heterocycles. The predicted molar refractivity (Wildman–Crippen MR) is 131 cm³/mol. The van der Waals surface area contributed by atoms with Gasteiger partial charge in [-0.25, -0.2) is 0 Å². The van der Waals surface area contributed by atoms with Crippen molar-refractivity contribution in [1.82, 2.24) is 15.5 Å². The normalized spacial score (nSPS) is 14.9. The van der Waals surface area contributed by atoms with E-state index >= 15 is 0 Å². The summed E-state index contributed by atoms with van der Waals surface area (Å²) in [6.45, 7) is 8.45. The SMILES string of the molecule is CCc1ccccc1CNC(=NC)NCc1ccc(CN2CCOCC2)cc1.I. The van der Waals surface area contributed by atoms with Crippen LogP contribution in [0.3, 0.4) is 0 Å². The number of nitrogens with zero attached hydrogens (tertiary/aromatic N) is 2. The molecule has 0 bridgehead atoms. The lowest BCUT2D eigenvalue weighted by molar-refractivity contribution is 0.0342. The van der Waals surface area contributed by atoms with Crippen LogP contribution in [-0.2, 0) is 30.8 Å². The number of hydrogen-bond donors (Lipinski definition) is 2. The van der Waals surface area contributed by atoms with Crippen LogP contribution < -0.4 is 10.6 Å². The van der Waals surface area contributed by atoms with E-state index in [-0.39, 0.29) is 24.0 Å². The number of hydrogen-bond acceptors (Lipinski definition) is 3. The fraction of sp³-hybridized carbons (Fsp3) is 0.435. The van der Waals surface area contributed by atoms with Gasteiger partial charge in [-0.3, -0.25) is 9.89 Å². The molecule has 0 aromatic heterocycles. The number of aryl methyl sites for hydroxylation is 1. The van der Waals surface area contributed by atoms with Gasteiger partial charge in [-0.15, -0.1) is 24.0 Å². The van der Waals surface area contributed by atoms with Gasteiger partial charge in [0.2, 0.25) is 0 Å². The van der Waals surface area contributed by atoms with Gasteiger partial charge < -0.3 is 15.4 Å². The summed E-state index contributed by atoms with van der Waals surface area (Å²) >= 11 is 0. The molecule has 2 N–H and O–H groups in total. The number of aliphatic imine (C=N–C) groups is 1. The molecular formula is C23H33IN4O. The van der Waals surface area contributed by atoms with E-state index in [1.807, 2.05) is 7.05 Å². The van der Waals surface area contributed by atoms with E-state index in [0.717, 1.165) is 58.3 Å². The summed E-state index contributed by atoms with van der Waals surface area (Å²) in [5.41, 5.74) is 5.30. The standard InChI is InChI=1S/C23H32N4O.HI/c1-3-21-6-4-5-7-22(21)17-26-23(24-2)25-16-19-8-10-20(11-9-19)18-27-12-14-28-15-13-27;/h4-11H,3,12-18H2,1-2H3,(H2,24,25,26);1H. The second-order valence-electron chi connectivity index (χ2n) is 7.11. The Bertz CT molecular complexity index is 758. The molecule has 5 nitrogen and oxygen atoms in total. The quantitative estimate of drug-likeness (QED) is 0.341. The molecule has 0 spiro atoms. The van der Waals surface area contributed by atoms with E-state index in [0.29, 0.717) is 0 Å². The maximum atomic E-state index is 5.42. The van der Waals surface area contributed by atoms with Gasteiger partial charge in [0, 0.05) is 39.8 Å². The van der Waals surface area contributed by atoms with E-state index in [9.17, 15) is 0 Å². The van der Waals surface area contributed by atoms with Gasteiger partial charge in [-0.1, -0.05) is 55.5 Å². The van der Waals surface area contributed by atoms with Gasteiger partial charge in [0.05, 0.1) is 13.2 Å². The van der Waals surface area contributed by atoms with Crippen LogP contribution in [0.25, 0.3) is 0 Å². The van der Waals surface area contributed by atoms with Crippen molar-refractivity contribution in [1.29, 1.82) is 0 Å². The fourth-order valence-corrected chi connectivity index (χ4v) is 3.44. The smallest absolute Gasteiger partial charge is 0.191 e. The molecule has 2 aromatic carbocycles. The number of rotatable bonds is 7. The van der Waals surface area contributed by atoms with Crippen molar-refractivity contribution in [3.8, 4) is 0 Å². The molecule has 6 heteroatoms. The Morgan fingerprint density at radius 1 is 0.931 bits per heavy atom. The maximum Gasteiger partial charge on any atom is 0.191 e. The van der Waals surface area contributed by atoms with E-state index in [1.165, 1.54) is 22.3 Å². The lowest BCUT2D eigenvalue weighted by Gasteiger charge is -2.26. The zero-order valence-corrected chi connectivity index (χ0v) is 19.8. The average molecular weight is 508 g/mol. The number of nitrogens with one attached hydrogen (secondary N) is 2. The minimum Gasteiger partial charge on any atom is -0.379 e. The highest BCUT2D eigenvalue weighted by atomic mass is 127. The van der Waals surface area contributed by atoms with Gasteiger partial charge in [0.1, 0.15) is 0 Å². The Morgan fingerprint density at radius 2 is 1.55 bits per heavy atom. The highest BCUT2D eigenvalue weighted by Crippen LogP contribution is 2.10. The van der Waals surface area contributed by atoms with Crippen molar-refractivity contribution in [3.63, 3.8) is 0 Å². The number of morpholine rings is 1. The van der Waals surface area contributed by atoms with Crippen LogP contribution in [0, 0.1) is 0 Å². The fourth-order valence-electron chi connectivity index (χ4n) is 3.44. The Hall–Kier alpha value is -1.64. The molecule has 1 fully saturated rings. The van der Waals surface area contributed by atoms with Crippen LogP contribution >= 0.6 is 24.0 Å². The minimum atomic E-state index is 0. The summed E-state index contributed by atoms with van der Waals surface area (Å²) in [5, 5.41) is 6.82. The lowest BCUT2D eigenvalue weighted by atomic mass is 10.1. The van der Waals surface area contributed by atoms with Crippen molar-refractivity contribution in [2.24, 2.45) is 4.99 Å². The second kappa shape index (κ2) is 12.8. The molecule has 158 valence electrons. The highest BCUT2D eigenvalue weighted by Gasteiger charge is 2.10. The Morgan fingerprint density at radius 3 is 2.21 bits per heavy atom. The molecule has 29 heavy (non-hydrogen) atoms. The van der Waals surface area contributed by atoms with Crippen molar-refractivity contribution in [3.05, 3.63) is 70.8 Å². The first-order valence-electron chi connectivity index (χ1n) is 10.2. The van der Waals surface area contributed by atoms with Gasteiger partial charge in [0.15, 0.2) is 5.96 Å². The molecule has 0 saturated carbocycles. The second-order valence-corrected chi connectivity index (χ2v) is 7.11. The van der Waals surface area contributed by atoms with Crippen molar-refractivity contribution >= 4 is 29.9 Å². The number of guanidine groups is 1. The van der Waals surface area contributed by atoms with E-state index in [2.05, 4.69) is 76.0 Å². The van der Waals surface area contributed by atoms with Crippen LogP contribution in [-0.4, -0.2) is 44.2 Å². The minimum absolute atomic E-state index is 0. The third kappa shape index (κ3) is 7.60. The van der Waals surface area contributed by atoms with Gasteiger partial charge in [0.25, 0.3) is 0 Å². The number of benzene rings is 2. The lowest BCUT2D eigenvalue weighted by Crippen LogP contribution is -2.36. The van der Waals surface area contributed by atoms with Crippen LogP contribution in [0.4, 0.5) is 0 Å². The van der Waals surface area contributed by atoms with Crippen LogP contribution in [0.2, 0.25) is 0 Å². The molecule has 1 heterocycles. The number of ether oxygens (including phenoxy) is 1. The van der Waals surface area contributed by atoms with Gasteiger partial charge >= 0.3 is 0 Å². The predicted octanol–water partition coefficient (Wildman–Crippen LogP) is 3.56. The van der Waals surface area contributed by atoms with Crippen molar-refractivity contribution in [2.75, 3.05) is 33.4 Å². The van der Waals surface area contributed by atoms with Gasteiger partial charge in [-0.05, 0) is 28.7 Å². The molecule has 3 rings (SSSR count). The van der Waals surface area contributed by atoms with E-state index < -0.39 is 0 Å². The molecule has 0 atom stereocenters. The Balaban J connectivity index is 0.00000300. The third-order valence-electron chi connectivity index (χ3n) is 5.16. The highest BCUT2D eigenvalue weighted by molar-refractivity contribution is 14.0. The third-order valence-corrected chi connectivity index (χ3v) is 5.16.